The number of aryl methyl sites for hydroxylation is 1. The Bertz CT molecular complexity index is 368. The average Bonchev–Trinajstić information content (AvgIpc) is 2.68. The monoisotopic (exact) mass is 240 g/mol. The lowest BCUT2D eigenvalue weighted by Gasteiger charge is -2.03. The molecule has 0 fully saturated rings. The molecule has 0 aliphatic rings. The molecule has 1 heterocycles. The van der Waals surface area contributed by atoms with Crippen molar-refractivity contribution in [3.63, 3.8) is 0 Å². The lowest BCUT2D eigenvalue weighted by molar-refractivity contribution is 0.0698. The minimum atomic E-state index is -0.913. The maximum atomic E-state index is 11.0. The number of aromatic carboxylic acids is 1. The van der Waals surface area contributed by atoms with E-state index in [4.69, 9.17) is 9.84 Å². The molecule has 0 aromatic carbocycles. The van der Waals surface area contributed by atoms with Gasteiger partial charge in [0.05, 0.1) is 6.61 Å². The maximum Gasteiger partial charge on any atom is 0.349 e. The highest BCUT2D eigenvalue weighted by atomic mass is 32.1. The van der Waals surface area contributed by atoms with E-state index in [-0.39, 0.29) is 0 Å². The maximum absolute atomic E-state index is 11.0. The Balaban J connectivity index is 2.65. The smallest absolute Gasteiger partial charge is 0.349 e. The van der Waals surface area contributed by atoms with Gasteiger partial charge < -0.3 is 9.84 Å². The zero-order valence-corrected chi connectivity index (χ0v) is 10.2. The highest BCUT2D eigenvalue weighted by Gasteiger charge is 2.15. The van der Waals surface area contributed by atoms with Crippen molar-refractivity contribution in [1.82, 2.24) is 0 Å². The molecule has 0 aliphatic heterocycles. The molecule has 0 saturated heterocycles. The normalized spacial score (nSPS) is 10.1. The van der Waals surface area contributed by atoms with Gasteiger partial charge in [0.2, 0.25) is 0 Å². The number of thiophene rings is 1. The molecule has 1 aromatic rings. The summed E-state index contributed by atoms with van der Waals surface area (Å²) in [5.41, 5.74) is 0. The molecule has 4 heteroatoms. The van der Waals surface area contributed by atoms with Crippen LogP contribution in [0.1, 0.15) is 34.3 Å². The molecule has 0 saturated carbocycles. The van der Waals surface area contributed by atoms with E-state index in [1.165, 1.54) is 11.3 Å². The Labute approximate surface area is 99.4 Å². The van der Waals surface area contributed by atoms with Crippen LogP contribution in [0.15, 0.2) is 18.7 Å². The van der Waals surface area contributed by atoms with Crippen molar-refractivity contribution >= 4 is 17.3 Å². The van der Waals surface area contributed by atoms with Gasteiger partial charge in [-0.2, -0.15) is 0 Å². The van der Waals surface area contributed by atoms with Gasteiger partial charge in [-0.05, 0) is 25.3 Å². The summed E-state index contributed by atoms with van der Waals surface area (Å²) in [6, 6.07) is 1.82. The molecule has 0 spiro atoms. The second-order valence-corrected chi connectivity index (χ2v) is 4.48. The van der Waals surface area contributed by atoms with E-state index in [1.807, 2.05) is 19.1 Å². The average molecular weight is 240 g/mol. The van der Waals surface area contributed by atoms with Gasteiger partial charge in [-0.25, -0.2) is 4.79 Å². The fourth-order valence-electron chi connectivity index (χ4n) is 1.26. The SMILES string of the molecule is C=CCCCOc1cc(CC)sc1C(=O)O. The topological polar surface area (TPSA) is 46.5 Å². The van der Waals surface area contributed by atoms with Crippen LogP contribution in [0, 0.1) is 0 Å². The summed E-state index contributed by atoms with van der Waals surface area (Å²) in [6.45, 7) is 6.15. The summed E-state index contributed by atoms with van der Waals surface area (Å²) in [4.78, 5) is 12.3. The first-order chi connectivity index (χ1) is 7.69. The Morgan fingerprint density at radius 2 is 2.44 bits per heavy atom. The number of carboxylic acid groups (broad SMARTS) is 1. The molecule has 0 bridgehead atoms. The first-order valence-electron chi connectivity index (χ1n) is 5.28. The van der Waals surface area contributed by atoms with E-state index in [0.29, 0.717) is 17.2 Å². The zero-order valence-electron chi connectivity index (χ0n) is 9.36. The van der Waals surface area contributed by atoms with E-state index in [9.17, 15) is 4.79 Å². The van der Waals surface area contributed by atoms with Crippen LogP contribution in [0.2, 0.25) is 0 Å². The van der Waals surface area contributed by atoms with Crippen LogP contribution >= 0.6 is 11.3 Å². The van der Waals surface area contributed by atoms with Crippen molar-refractivity contribution < 1.29 is 14.6 Å². The summed E-state index contributed by atoms with van der Waals surface area (Å²) in [5, 5.41) is 8.99. The molecule has 0 radical (unpaired) electrons. The molecule has 1 aromatic heterocycles. The van der Waals surface area contributed by atoms with Crippen LogP contribution in [-0.2, 0) is 6.42 Å². The van der Waals surface area contributed by atoms with Crippen LogP contribution in [-0.4, -0.2) is 17.7 Å². The highest BCUT2D eigenvalue weighted by Crippen LogP contribution is 2.29. The molecular weight excluding hydrogens is 224 g/mol. The molecule has 16 heavy (non-hydrogen) atoms. The zero-order chi connectivity index (χ0) is 12.0. The van der Waals surface area contributed by atoms with Crippen LogP contribution < -0.4 is 4.74 Å². The summed E-state index contributed by atoms with van der Waals surface area (Å²) >= 11 is 1.29. The minimum absolute atomic E-state index is 0.301. The third kappa shape index (κ3) is 3.38. The Morgan fingerprint density at radius 1 is 1.69 bits per heavy atom. The van der Waals surface area contributed by atoms with Crippen LogP contribution in [0.3, 0.4) is 0 Å². The number of allylic oxidation sites excluding steroid dienone is 1. The Hall–Kier alpha value is -1.29. The van der Waals surface area contributed by atoms with E-state index in [0.717, 1.165) is 24.1 Å². The fourth-order valence-corrected chi connectivity index (χ4v) is 2.14. The van der Waals surface area contributed by atoms with Crippen LogP contribution in [0.4, 0.5) is 0 Å². The summed E-state index contributed by atoms with van der Waals surface area (Å²) in [5.74, 6) is -0.415. The van der Waals surface area contributed by atoms with Gasteiger partial charge in [0.25, 0.3) is 0 Å². The second kappa shape index (κ2) is 6.33. The van der Waals surface area contributed by atoms with Gasteiger partial charge in [-0.15, -0.1) is 17.9 Å². The van der Waals surface area contributed by atoms with Crippen molar-refractivity contribution in [3.05, 3.63) is 28.5 Å². The first-order valence-corrected chi connectivity index (χ1v) is 6.10. The lowest BCUT2D eigenvalue weighted by atomic mass is 10.3. The van der Waals surface area contributed by atoms with E-state index in [2.05, 4.69) is 6.58 Å². The third-order valence-electron chi connectivity index (χ3n) is 2.10. The van der Waals surface area contributed by atoms with Gasteiger partial charge in [0.1, 0.15) is 5.75 Å². The molecular formula is C12H16O3S. The molecule has 1 rings (SSSR count). The Morgan fingerprint density at radius 3 is 3.00 bits per heavy atom. The van der Waals surface area contributed by atoms with E-state index in [1.54, 1.807) is 0 Å². The molecule has 0 unspecified atom stereocenters. The van der Waals surface area contributed by atoms with Gasteiger partial charge in [0, 0.05) is 4.88 Å². The number of rotatable bonds is 7. The van der Waals surface area contributed by atoms with Crippen LogP contribution in [0.25, 0.3) is 0 Å². The molecule has 3 nitrogen and oxygen atoms in total. The fraction of sp³-hybridized carbons (Fsp3) is 0.417. The van der Waals surface area contributed by atoms with Crippen molar-refractivity contribution in [2.45, 2.75) is 26.2 Å². The first kappa shape index (κ1) is 12.8. The third-order valence-corrected chi connectivity index (χ3v) is 3.35. The number of ether oxygens (including phenoxy) is 1. The minimum Gasteiger partial charge on any atom is -0.492 e. The van der Waals surface area contributed by atoms with Gasteiger partial charge in [-0.3, -0.25) is 0 Å². The number of carboxylic acids is 1. The van der Waals surface area contributed by atoms with Crippen molar-refractivity contribution in [2.75, 3.05) is 6.61 Å². The Kier molecular flexibility index (Phi) is 5.05. The van der Waals surface area contributed by atoms with Gasteiger partial charge >= 0.3 is 5.97 Å². The lowest BCUT2D eigenvalue weighted by Crippen LogP contribution is -2.00. The number of unbranched alkanes of at least 4 members (excludes halogenated alkanes) is 1. The quantitative estimate of drug-likeness (QED) is 0.587. The van der Waals surface area contributed by atoms with Crippen molar-refractivity contribution in [1.29, 1.82) is 0 Å². The molecule has 1 N–H and O–H groups in total. The number of carbonyl (C=O) groups is 1. The number of hydrogen-bond donors (Lipinski definition) is 1. The van der Waals surface area contributed by atoms with Crippen LogP contribution in [0.5, 0.6) is 5.75 Å². The summed E-state index contributed by atoms with van der Waals surface area (Å²) in [6.07, 6.45) is 4.40. The summed E-state index contributed by atoms with van der Waals surface area (Å²) < 4.78 is 5.46. The van der Waals surface area contributed by atoms with Gasteiger partial charge in [-0.1, -0.05) is 13.0 Å². The molecule has 0 atom stereocenters. The summed E-state index contributed by atoms with van der Waals surface area (Å²) in [7, 11) is 0. The van der Waals surface area contributed by atoms with Crippen molar-refractivity contribution in [3.8, 4) is 5.75 Å². The standard InChI is InChI=1S/C12H16O3S/c1-3-5-6-7-15-10-8-9(4-2)16-11(10)12(13)14/h3,8H,1,4-7H2,2H3,(H,13,14). The second-order valence-electron chi connectivity index (χ2n) is 3.34. The van der Waals surface area contributed by atoms with E-state index >= 15 is 0 Å². The van der Waals surface area contributed by atoms with Crippen molar-refractivity contribution in [2.24, 2.45) is 0 Å². The van der Waals surface area contributed by atoms with Gasteiger partial charge in [0.15, 0.2) is 4.88 Å². The molecule has 0 aliphatic carbocycles. The largest absolute Gasteiger partial charge is 0.492 e. The predicted octanol–water partition coefficient (Wildman–Crippen LogP) is 3.35. The molecule has 0 amide bonds. The van der Waals surface area contributed by atoms with E-state index < -0.39 is 5.97 Å². The highest BCUT2D eigenvalue weighted by molar-refractivity contribution is 7.14. The number of hydrogen-bond acceptors (Lipinski definition) is 3. The predicted molar refractivity (Wildman–Crippen MR) is 65.6 cm³/mol. The molecule has 88 valence electrons.